The predicted octanol–water partition coefficient (Wildman–Crippen LogP) is 1.74. The fourth-order valence-electron chi connectivity index (χ4n) is 2.21. The molecule has 2 aromatic rings. The number of hydrogen-bond donors (Lipinski definition) is 3. The number of hydrogen-bond acceptors (Lipinski definition) is 2. The van der Waals surface area contributed by atoms with E-state index in [9.17, 15) is 9.59 Å². The molecule has 0 saturated heterocycles. The summed E-state index contributed by atoms with van der Waals surface area (Å²) in [6.45, 7) is 2.36. The second-order valence-corrected chi connectivity index (χ2v) is 6.16. The molecule has 126 valence electrons. The summed E-state index contributed by atoms with van der Waals surface area (Å²) in [5, 5.41) is 6.05. The lowest BCUT2D eigenvalue weighted by Crippen LogP contribution is -3.11. The third-order valence-electron chi connectivity index (χ3n) is 3.41. The molecule has 0 spiro atoms. The number of benzene rings is 2. The topological polar surface area (TPSA) is 62.6 Å². The van der Waals surface area contributed by atoms with Crippen molar-refractivity contribution in [2.45, 2.75) is 6.92 Å². The fraction of sp³-hybridized carbons (Fsp3) is 0.222. The van der Waals surface area contributed by atoms with Gasteiger partial charge in [-0.3, -0.25) is 9.59 Å². The molecule has 0 fully saturated rings. The van der Waals surface area contributed by atoms with E-state index < -0.39 is 0 Å². The second kappa shape index (κ2) is 8.47. The van der Waals surface area contributed by atoms with Gasteiger partial charge in [0.25, 0.3) is 11.8 Å². The van der Waals surface area contributed by atoms with Crippen molar-refractivity contribution in [1.82, 2.24) is 0 Å². The number of quaternary nitrogens is 1. The van der Waals surface area contributed by atoms with Crippen LogP contribution in [0.4, 0.5) is 11.4 Å². The first kappa shape index (κ1) is 18.0. The highest BCUT2D eigenvalue weighted by atomic mass is 35.5. The van der Waals surface area contributed by atoms with Gasteiger partial charge in [0.1, 0.15) is 0 Å². The summed E-state index contributed by atoms with van der Waals surface area (Å²) < 4.78 is 0. The van der Waals surface area contributed by atoms with Crippen molar-refractivity contribution in [3.8, 4) is 0 Å². The molecule has 0 saturated carbocycles. The summed E-state index contributed by atoms with van der Waals surface area (Å²) in [6, 6.07) is 14.6. The van der Waals surface area contributed by atoms with Crippen molar-refractivity contribution < 1.29 is 14.5 Å². The molecule has 0 bridgehead atoms. The van der Waals surface area contributed by atoms with Gasteiger partial charge in [0.2, 0.25) is 0 Å². The Balaban J connectivity index is 1.80. The number of aryl methyl sites for hydroxylation is 1. The Kier molecular flexibility index (Phi) is 6.35. The van der Waals surface area contributed by atoms with Crippen LogP contribution in [-0.2, 0) is 9.59 Å². The van der Waals surface area contributed by atoms with Crippen LogP contribution in [0.25, 0.3) is 0 Å². The molecule has 0 aliphatic heterocycles. The molecule has 5 nitrogen and oxygen atoms in total. The van der Waals surface area contributed by atoms with Gasteiger partial charge in [-0.25, -0.2) is 0 Å². The van der Waals surface area contributed by atoms with E-state index in [1.54, 1.807) is 31.3 Å². The van der Waals surface area contributed by atoms with E-state index in [4.69, 9.17) is 11.6 Å². The van der Waals surface area contributed by atoms with Crippen LogP contribution in [0.2, 0.25) is 5.02 Å². The highest BCUT2D eigenvalue weighted by Crippen LogP contribution is 2.19. The molecule has 24 heavy (non-hydrogen) atoms. The number of anilines is 2. The Morgan fingerprint density at radius 2 is 1.54 bits per heavy atom. The Hall–Kier alpha value is -2.37. The zero-order chi connectivity index (χ0) is 17.5. The Morgan fingerprint density at radius 1 is 0.958 bits per heavy atom. The number of nitrogens with one attached hydrogen (secondary N) is 3. The number of amides is 2. The first-order chi connectivity index (χ1) is 11.4. The van der Waals surface area contributed by atoms with Gasteiger partial charge in [0.15, 0.2) is 13.1 Å². The SMILES string of the molecule is Cc1ccc(NC(=O)C[NH+](C)CC(=O)Nc2ccccc2Cl)cc1. The van der Waals surface area contributed by atoms with Crippen LogP contribution in [0.15, 0.2) is 48.5 Å². The number of likely N-dealkylation sites (N-methyl/N-ethyl adjacent to an activating group) is 1. The molecule has 1 unspecified atom stereocenters. The fourth-order valence-corrected chi connectivity index (χ4v) is 2.39. The van der Waals surface area contributed by atoms with E-state index in [1.165, 1.54) is 0 Å². The van der Waals surface area contributed by atoms with Crippen LogP contribution in [0, 0.1) is 6.92 Å². The molecule has 0 radical (unpaired) electrons. The standard InChI is InChI=1S/C18H20ClN3O2/c1-13-7-9-14(10-8-13)20-17(23)11-22(2)12-18(24)21-16-6-4-3-5-15(16)19/h3-10H,11-12H2,1-2H3,(H,20,23)(H,21,24)/p+1. The average molecular weight is 347 g/mol. The van der Waals surface area contributed by atoms with Crippen molar-refractivity contribution in [3.05, 3.63) is 59.1 Å². The van der Waals surface area contributed by atoms with Crippen LogP contribution in [0.1, 0.15) is 5.56 Å². The first-order valence-corrected chi connectivity index (χ1v) is 8.04. The molecule has 6 heteroatoms. The molecule has 2 aromatic carbocycles. The number of halogens is 1. The number of carbonyl (C=O) groups excluding carboxylic acids is 2. The molecule has 0 aliphatic rings. The van der Waals surface area contributed by atoms with Gasteiger partial charge < -0.3 is 15.5 Å². The zero-order valence-corrected chi connectivity index (χ0v) is 14.5. The van der Waals surface area contributed by atoms with E-state index in [-0.39, 0.29) is 24.9 Å². The Labute approximate surface area is 146 Å². The van der Waals surface area contributed by atoms with Crippen molar-refractivity contribution in [2.24, 2.45) is 0 Å². The smallest absolute Gasteiger partial charge is 0.279 e. The maximum atomic E-state index is 12.0. The minimum Gasteiger partial charge on any atom is -0.322 e. The third-order valence-corrected chi connectivity index (χ3v) is 3.74. The largest absolute Gasteiger partial charge is 0.322 e. The summed E-state index contributed by atoms with van der Waals surface area (Å²) in [5.41, 5.74) is 2.45. The average Bonchev–Trinajstić information content (AvgIpc) is 2.51. The lowest BCUT2D eigenvalue weighted by molar-refractivity contribution is -0.862. The quantitative estimate of drug-likeness (QED) is 0.746. The molecule has 2 rings (SSSR count). The van der Waals surface area contributed by atoms with Gasteiger partial charge in [0, 0.05) is 5.69 Å². The summed E-state index contributed by atoms with van der Waals surface area (Å²) in [5.74, 6) is -0.328. The number of rotatable bonds is 6. The van der Waals surface area contributed by atoms with Crippen LogP contribution in [0.5, 0.6) is 0 Å². The van der Waals surface area contributed by atoms with Crippen molar-refractivity contribution in [2.75, 3.05) is 30.8 Å². The summed E-state index contributed by atoms with van der Waals surface area (Å²) in [7, 11) is 1.79. The third kappa shape index (κ3) is 5.68. The van der Waals surface area contributed by atoms with E-state index >= 15 is 0 Å². The first-order valence-electron chi connectivity index (χ1n) is 7.66. The van der Waals surface area contributed by atoms with Crippen LogP contribution in [-0.4, -0.2) is 32.0 Å². The monoisotopic (exact) mass is 346 g/mol. The van der Waals surface area contributed by atoms with Crippen LogP contribution in [0.3, 0.4) is 0 Å². The molecule has 0 heterocycles. The zero-order valence-electron chi connectivity index (χ0n) is 13.7. The molecular formula is C18H21ClN3O2+. The summed E-state index contributed by atoms with van der Waals surface area (Å²) in [4.78, 5) is 24.8. The number of carbonyl (C=O) groups is 2. The van der Waals surface area contributed by atoms with Gasteiger partial charge in [-0.1, -0.05) is 41.4 Å². The Morgan fingerprint density at radius 3 is 2.17 bits per heavy atom. The van der Waals surface area contributed by atoms with Gasteiger partial charge in [-0.15, -0.1) is 0 Å². The van der Waals surface area contributed by atoms with Crippen molar-refractivity contribution in [3.63, 3.8) is 0 Å². The van der Waals surface area contributed by atoms with E-state index in [0.717, 1.165) is 16.2 Å². The normalized spacial score (nSPS) is 11.6. The molecule has 0 aliphatic carbocycles. The van der Waals surface area contributed by atoms with E-state index in [2.05, 4.69) is 10.6 Å². The van der Waals surface area contributed by atoms with Crippen molar-refractivity contribution in [1.29, 1.82) is 0 Å². The summed E-state index contributed by atoms with van der Waals surface area (Å²) >= 11 is 6.00. The second-order valence-electron chi connectivity index (χ2n) is 5.75. The predicted molar refractivity (Wildman–Crippen MR) is 96.5 cm³/mol. The molecule has 2 amide bonds. The minimum absolute atomic E-state index is 0.137. The maximum Gasteiger partial charge on any atom is 0.279 e. The lowest BCUT2D eigenvalue weighted by atomic mass is 10.2. The molecule has 3 N–H and O–H groups in total. The van der Waals surface area contributed by atoms with Crippen molar-refractivity contribution >= 4 is 34.8 Å². The van der Waals surface area contributed by atoms with Gasteiger partial charge in [-0.05, 0) is 31.2 Å². The molecule has 0 aromatic heterocycles. The number of para-hydroxylation sites is 1. The minimum atomic E-state index is -0.191. The van der Waals surface area contributed by atoms with Gasteiger partial charge >= 0.3 is 0 Å². The van der Waals surface area contributed by atoms with Crippen LogP contribution >= 0.6 is 11.6 Å². The van der Waals surface area contributed by atoms with Crippen LogP contribution < -0.4 is 15.5 Å². The van der Waals surface area contributed by atoms with E-state index in [0.29, 0.717) is 10.7 Å². The van der Waals surface area contributed by atoms with E-state index in [1.807, 2.05) is 31.2 Å². The van der Waals surface area contributed by atoms with Gasteiger partial charge in [-0.2, -0.15) is 0 Å². The Bertz CT molecular complexity index is 716. The van der Waals surface area contributed by atoms with Gasteiger partial charge in [0.05, 0.1) is 17.8 Å². The molecule has 1 atom stereocenters. The highest BCUT2D eigenvalue weighted by molar-refractivity contribution is 6.33. The summed E-state index contributed by atoms with van der Waals surface area (Å²) in [6.07, 6.45) is 0. The lowest BCUT2D eigenvalue weighted by Gasteiger charge is -2.14. The maximum absolute atomic E-state index is 12.0. The molecular weight excluding hydrogens is 326 g/mol. The highest BCUT2D eigenvalue weighted by Gasteiger charge is 2.15.